The van der Waals surface area contributed by atoms with E-state index < -0.39 is 0 Å². The van der Waals surface area contributed by atoms with E-state index in [1.165, 1.54) is 56.2 Å². The molecule has 1 saturated carbocycles. The summed E-state index contributed by atoms with van der Waals surface area (Å²) in [6.07, 6.45) is 11.5. The number of pyridine rings is 1. The van der Waals surface area contributed by atoms with Crippen molar-refractivity contribution in [2.75, 3.05) is 6.54 Å². The Morgan fingerprint density at radius 2 is 2.11 bits per heavy atom. The molecule has 106 valence electrons. The highest BCUT2D eigenvalue weighted by Crippen LogP contribution is 2.32. The van der Waals surface area contributed by atoms with Gasteiger partial charge in [0.2, 0.25) is 0 Å². The van der Waals surface area contributed by atoms with Crippen molar-refractivity contribution in [3.05, 3.63) is 29.6 Å². The molecule has 0 radical (unpaired) electrons. The second-order valence-electron chi connectivity index (χ2n) is 5.95. The van der Waals surface area contributed by atoms with Gasteiger partial charge in [-0.1, -0.05) is 45.1 Å². The summed E-state index contributed by atoms with van der Waals surface area (Å²) in [6, 6.07) is 4.67. The van der Waals surface area contributed by atoms with Gasteiger partial charge in [0.15, 0.2) is 0 Å². The minimum atomic E-state index is 0.448. The van der Waals surface area contributed by atoms with E-state index in [-0.39, 0.29) is 0 Å². The summed E-state index contributed by atoms with van der Waals surface area (Å²) in [5.41, 5.74) is 2.59. The van der Waals surface area contributed by atoms with Crippen LogP contribution in [0.4, 0.5) is 0 Å². The molecular formula is C17H28N2. The predicted molar refractivity (Wildman–Crippen MR) is 81.2 cm³/mol. The van der Waals surface area contributed by atoms with Gasteiger partial charge in [-0.15, -0.1) is 0 Å². The number of rotatable bonds is 6. The summed E-state index contributed by atoms with van der Waals surface area (Å²) in [5.74, 6) is 0.893. The van der Waals surface area contributed by atoms with Crippen molar-refractivity contribution in [3.8, 4) is 0 Å². The maximum atomic E-state index is 4.63. The minimum absolute atomic E-state index is 0.448. The molecule has 0 spiro atoms. The van der Waals surface area contributed by atoms with Crippen LogP contribution in [0, 0.1) is 12.8 Å². The number of hydrogen-bond donors (Lipinski definition) is 1. The van der Waals surface area contributed by atoms with E-state index in [4.69, 9.17) is 0 Å². The SMILES string of the molecule is CCCNC(CC1CCCCC1)c1ncccc1C. The third-order valence-corrected chi connectivity index (χ3v) is 4.31. The number of hydrogen-bond acceptors (Lipinski definition) is 2. The van der Waals surface area contributed by atoms with Crippen molar-refractivity contribution < 1.29 is 0 Å². The largest absolute Gasteiger partial charge is 0.309 e. The fraction of sp³-hybridized carbons (Fsp3) is 0.706. The molecule has 0 bridgehead atoms. The van der Waals surface area contributed by atoms with Crippen molar-refractivity contribution in [2.24, 2.45) is 5.92 Å². The second-order valence-corrected chi connectivity index (χ2v) is 5.95. The van der Waals surface area contributed by atoms with Crippen LogP contribution >= 0.6 is 0 Å². The van der Waals surface area contributed by atoms with Crippen molar-refractivity contribution in [2.45, 2.75) is 64.8 Å². The lowest BCUT2D eigenvalue weighted by molar-refractivity contribution is 0.297. The third kappa shape index (κ3) is 4.31. The maximum absolute atomic E-state index is 4.63. The van der Waals surface area contributed by atoms with Crippen molar-refractivity contribution in [3.63, 3.8) is 0 Å². The summed E-state index contributed by atoms with van der Waals surface area (Å²) < 4.78 is 0. The first-order valence-corrected chi connectivity index (χ1v) is 7.96. The topological polar surface area (TPSA) is 24.9 Å². The van der Waals surface area contributed by atoms with E-state index in [2.05, 4.69) is 30.2 Å². The van der Waals surface area contributed by atoms with Gasteiger partial charge in [-0.2, -0.15) is 0 Å². The highest BCUT2D eigenvalue weighted by Gasteiger charge is 2.21. The van der Waals surface area contributed by atoms with Crippen molar-refractivity contribution in [1.82, 2.24) is 10.3 Å². The lowest BCUT2D eigenvalue weighted by atomic mass is 9.83. The van der Waals surface area contributed by atoms with E-state index in [9.17, 15) is 0 Å². The summed E-state index contributed by atoms with van der Waals surface area (Å²) >= 11 is 0. The zero-order valence-corrected chi connectivity index (χ0v) is 12.5. The van der Waals surface area contributed by atoms with Gasteiger partial charge in [0.25, 0.3) is 0 Å². The van der Waals surface area contributed by atoms with Crippen LogP contribution in [0.1, 0.15) is 69.2 Å². The van der Waals surface area contributed by atoms with Gasteiger partial charge in [0, 0.05) is 6.20 Å². The van der Waals surface area contributed by atoms with Crippen LogP contribution in [-0.2, 0) is 0 Å². The van der Waals surface area contributed by atoms with Crippen LogP contribution < -0.4 is 5.32 Å². The molecule has 0 amide bonds. The van der Waals surface area contributed by atoms with Gasteiger partial charge < -0.3 is 5.32 Å². The summed E-state index contributed by atoms with van der Waals surface area (Å²) in [6.45, 7) is 5.51. The van der Waals surface area contributed by atoms with Crippen LogP contribution in [0.3, 0.4) is 0 Å². The first-order valence-electron chi connectivity index (χ1n) is 7.96. The molecule has 1 N–H and O–H groups in total. The molecule has 1 aliphatic carbocycles. The Morgan fingerprint density at radius 3 is 2.79 bits per heavy atom. The molecular weight excluding hydrogens is 232 g/mol. The summed E-state index contributed by atoms with van der Waals surface area (Å²) in [5, 5.41) is 3.71. The lowest BCUT2D eigenvalue weighted by Crippen LogP contribution is -2.26. The van der Waals surface area contributed by atoms with Crippen molar-refractivity contribution in [1.29, 1.82) is 0 Å². The Balaban J connectivity index is 2.04. The summed E-state index contributed by atoms with van der Waals surface area (Å²) in [7, 11) is 0. The molecule has 1 fully saturated rings. The van der Waals surface area contributed by atoms with Crippen molar-refractivity contribution >= 4 is 0 Å². The van der Waals surface area contributed by atoms with Crippen LogP contribution in [0.2, 0.25) is 0 Å². The van der Waals surface area contributed by atoms with Gasteiger partial charge in [-0.05, 0) is 43.9 Å². The molecule has 0 aliphatic heterocycles. The zero-order chi connectivity index (χ0) is 13.5. The molecule has 2 nitrogen and oxygen atoms in total. The number of aromatic nitrogens is 1. The first-order chi connectivity index (χ1) is 9.31. The van der Waals surface area contributed by atoms with Gasteiger partial charge in [0.05, 0.1) is 11.7 Å². The van der Waals surface area contributed by atoms with Gasteiger partial charge in [0.1, 0.15) is 0 Å². The average Bonchev–Trinajstić information content (AvgIpc) is 2.45. The normalized spacial score (nSPS) is 18.4. The quantitative estimate of drug-likeness (QED) is 0.820. The molecule has 2 rings (SSSR count). The van der Waals surface area contributed by atoms with Gasteiger partial charge >= 0.3 is 0 Å². The van der Waals surface area contributed by atoms with Gasteiger partial charge in [-0.25, -0.2) is 0 Å². The summed E-state index contributed by atoms with van der Waals surface area (Å²) in [4.78, 5) is 4.63. The highest BCUT2D eigenvalue weighted by atomic mass is 14.9. The van der Waals surface area contributed by atoms with Crippen LogP contribution in [0.5, 0.6) is 0 Å². The molecule has 2 heteroatoms. The monoisotopic (exact) mass is 260 g/mol. The number of nitrogens with one attached hydrogen (secondary N) is 1. The molecule has 1 aliphatic rings. The molecule has 1 atom stereocenters. The molecule has 1 aromatic heterocycles. The van der Waals surface area contributed by atoms with Gasteiger partial charge in [-0.3, -0.25) is 4.98 Å². The zero-order valence-electron chi connectivity index (χ0n) is 12.5. The van der Waals surface area contributed by atoms with E-state index in [0.29, 0.717) is 6.04 Å². The Morgan fingerprint density at radius 1 is 1.32 bits per heavy atom. The Kier molecular flexibility index (Phi) is 5.84. The predicted octanol–water partition coefficient (Wildman–Crippen LogP) is 4.40. The third-order valence-electron chi connectivity index (χ3n) is 4.31. The van der Waals surface area contributed by atoms with Crippen LogP contribution in [0.15, 0.2) is 18.3 Å². The van der Waals surface area contributed by atoms with Crippen LogP contribution in [0.25, 0.3) is 0 Å². The number of nitrogens with zero attached hydrogens (tertiary/aromatic N) is 1. The van der Waals surface area contributed by atoms with E-state index >= 15 is 0 Å². The van der Waals surface area contributed by atoms with E-state index in [1.807, 2.05) is 12.3 Å². The minimum Gasteiger partial charge on any atom is -0.309 e. The fourth-order valence-corrected chi connectivity index (χ4v) is 3.23. The number of aryl methyl sites for hydroxylation is 1. The standard InChI is InChI=1S/C17H28N2/c1-3-11-18-16(13-15-9-5-4-6-10-15)17-14(2)8-7-12-19-17/h7-8,12,15-16,18H,3-6,9-11,13H2,1-2H3. The molecule has 1 unspecified atom stereocenters. The van der Waals surface area contributed by atoms with Crippen LogP contribution in [-0.4, -0.2) is 11.5 Å². The maximum Gasteiger partial charge on any atom is 0.0602 e. The molecule has 0 saturated heterocycles. The molecule has 1 aromatic rings. The van der Waals surface area contributed by atoms with E-state index in [0.717, 1.165) is 12.5 Å². The lowest BCUT2D eigenvalue weighted by Gasteiger charge is -2.27. The molecule has 0 aromatic carbocycles. The Labute approximate surface area is 118 Å². The molecule has 19 heavy (non-hydrogen) atoms. The smallest absolute Gasteiger partial charge is 0.0602 e. The Bertz CT molecular complexity index is 369. The molecule has 1 heterocycles. The first kappa shape index (κ1) is 14.5. The highest BCUT2D eigenvalue weighted by molar-refractivity contribution is 5.21. The van der Waals surface area contributed by atoms with E-state index in [1.54, 1.807) is 0 Å². The fourth-order valence-electron chi connectivity index (χ4n) is 3.23. The Hall–Kier alpha value is -0.890. The average molecular weight is 260 g/mol. The second kappa shape index (κ2) is 7.64.